The predicted octanol–water partition coefficient (Wildman–Crippen LogP) is 2.25. The third-order valence-corrected chi connectivity index (χ3v) is 3.89. The smallest absolute Gasteiger partial charge is 0.254 e. The van der Waals surface area contributed by atoms with E-state index in [-0.39, 0.29) is 5.91 Å². The molecule has 0 saturated heterocycles. The van der Waals surface area contributed by atoms with Crippen LogP contribution in [0.4, 0.5) is 0 Å². The number of carbonyl (C=O) groups is 1. The Labute approximate surface area is 117 Å². The van der Waals surface area contributed by atoms with Gasteiger partial charge in [0.25, 0.3) is 5.91 Å². The molecule has 1 aromatic carbocycles. The van der Waals surface area contributed by atoms with Gasteiger partial charge in [0.15, 0.2) is 0 Å². The van der Waals surface area contributed by atoms with E-state index < -0.39 is 0 Å². The minimum atomic E-state index is -0.0562. The number of hydrogen-bond acceptors (Lipinski definition) is 3. The van der Waals surface area contributed by atoms with Crippen LogP contribution in [0.3, 0.4) is 0 Å². The number of thioether (sulfide) groups is 1. The van der Waals surface area contributed by atoms with Crippen LogP contribution in [0.25, 0.3) is 0 Å². The highest BCUT2D eigenvalue weighted by Crippen LogP contribution is 2.15. The summed E-state index contributed by atoms with van der Waals surface area (Å²) in [5, 5.41) is 6.97. The maximum Gasteiger partial charge on any atom is 0.254 e. The number of aryl methyl sites for hydroxylation is 1. The lowest BCUT2D eigenvalue weighted by molar-refractivity contribution is 0.0955. The van der Waals surface area contributed by atoms with Crippen molar-refractivity contribution in [3.05, 3.63) is 47.8 Å². The van der Waals surface area contributed by atoms with E-state index in [1.165, 1.54) is 4.90 Å². The zero-order valence-electron chi connectivity index (χ0n) is 11.1. The monoisotopic (exact) mass is 275 g/mol. The van der Waals surface area contributed by atoms with Crippen LogP contribution in [0.1, 0.15) is 16.1 Å². The van der Waals surface area contributed by atoms with Gasteiger partial charge in [0, 0.05) is 29.9 Å². The third kappa shape index (κ3) is 3.61. The molecule has 0 aliphatic heterocycles. The zero-order valence-corrected chi connectivity index (χ0v) is 11.9. The molecule has 19 heavy (non-hydrogen) atoms. The quantitative estimate of drug-likeness (QED) is 0.672. The number of amides is 1. The minimum absolute atomic E-state index is 0.0562. The van der Waals surface area contributed by atoms with E-state index in [1.54, 1.807) is 22.6 Å². The van der Waals surface area contributed by atoms with Crippen molar-refractivity contribution in [1.29, 1.82) is 0 Å². The molecule has 100 valence electrons. The maximum absolute atomic E-state index is 11.9. The van der Waals surface area contributed by atoms with Gasteiger partial charge in [-0.15, -0.1) is 11.8 Å². The Hall–Kier alpha value is -1.75. The van der Waals surface area contributed by atoms with E-state index in [9.17, 15) is 4.79 Å². The van der Waals surface area contributed by atoms with Gasteiger partial charge in [-0.25, -0.2) is 0 Å². The summed E-state index contributed by atoms with van der Waals surface area (Å²) < 4.78 is 1.70. The summed E-state index contributed by atoms with van der Waals surface area (Å²) in [6, 6.07) is 10.2. The van der Waals surface area contributed by atoms with Gasteiger partial charge in [0.1, 0.15) is 0 Å². The van der Waals surface area contributed by atoms with Gasteiger partial charge in [0.2, 0.25) is 0 Å². The topological polar surface area (TPSA) is 46.9 Å². The van der Waals surface area contributed by atoms with Crippen LogP contribution in [0.2, 0.25) is 0 Å². The van der Waals surface area contributed by atoms with Crippen molar-refractivity contribution in [2.45, 2.75) is 11.8 Å². The van der Waals surface area contributed by atoms with E-state index in [4.69, 9.17) is 0 Å². The highest BCUT2D eigenvalue weighted by molar-refractivity contribution is 7.99. The number of carbonyl (C=O) groups excluding carboxylic acids is 1. The highest BCUT2D eigenvalue weighted by atomic mass is 32.2. The summed E-state index contributed by atoms with van der Waals surface area (Å²) in [6.45, 7) is 2.54. The van der Waals surface area contributed by atoms with Crippen molar-refractivity contribution in [3.63, 3.8) is 0 Å². The lowest BCUT2D eigenvalue weighted by Crippen LogP contribution is -2.26. The minimum Gasteiger partial charge on any atom is -0.351 e. The Balaban J connectivity index is 1.77. The molecule has 0 spiro atoms. The molecule has 0 atom stereocenters. The molecule has 2 aromatic rings. The van der Waals surface area contributed by atoms with Crippen molar-refractivity contribution in [1.82, 2.24) is 15.1 Å². The molecule has 0 aliphatic rings. The molecular formula is C14H17N3OS. The molecule has 0 saturated carbocycles. The molecule has 0 bridgehead atoms. The first-order chi connectivity index (χ1) is 9.18. The van der Waals surface area contributed by atoms with Crippen molar-refractivity contribution >= 4 is 17.7 Å². The molecule has 0 unspecified atom stereocenters. The summed E-state index contributed by atoms with van der Waals surface area (Å²) >= 11 is 1.73. The first-order valence-corrected chi connectivity index (χ1v) is 7.11. The molecule has 1 aromatic heterocycles. The second kappa shape index (κ2) is 6.43. The molecule has 0 aliphatic carbocycles. The van der Waals surface area contributed by atoms with Gasteiger partial charge < -0.3 is 5.32 Å². The Morgan fingerprint density at radius 3 is 2.74 bits per heavy atom. The van der Waals surface area contributed by atoms with E-state index >= 15 is 0 Å². The fraction of sp³-hybridized carbons (Fsp3) is 0.286. The average Bonchev–Trinajstić information content (AvgIpc) is 2.76. The van der Waals surface area contributed by atoms with Crippen LogP contribution in [0.15, 0.2) is 41.4 Å². The van der Waals surface area contributed by atoms with Crippen LogP contribution in [-0.2, 0) is 7.05 Å². The van der Waals surface area contributed by atoms with Crippen molar-refractivity contribution in [2.75, 3.05) is 12.3 Å². The molecule has 4 nitrogen and oxygen atoms in total. The number of nitrogens with zero attached hydrogens (tertiary/aromatic N) is 2. The molecule has 2 rings (SSSR count). The highest BCUT2D eigenvalue weighted by Gasteiger charge is 2.11. The van der Waals surface area contributed by atoms with Crippen LogP contribution in [0, 0.1) is 6.92 Å². The molecule has 1 amide bonds. The van der Waals surface area contributed by atoms with Gasteiger partial charge >= 0.3 is 0 Å². The lowest BCUT2D eigenvalue weighted by Gasteiger charge is -2.05. The predicted molar refractivity (Wildman–Crippen MR) is 77.4 cm³/mol. The second-order valence-corrected chi connectivity index (χ2v) is 5.35. The van der Waals surface area contributed by atoms with E-state index in [0.29, 0.717) is 12.1 Å². The van der Waals surface area contributed by atoms with Gasteiger partial charge in [0.05, 0.1) is 11.8 Å². The second-order valence-electron chi connectivity index (χ2n) is 4.18. The first-order valence-electron chi connectivity index (χ1n) is 6.13. The van der Waals surface area contributed by atoms with Gasteiger partial charge in [-0.05, 0) is 19.1 Å². The van der Waals surface area contributed by atoms with Gasteiger partial charge in [-0.3, -0.25) is 9.48 Å². The summed E-state index contributed by atoms with van der Waals surface area (Å²) in [6.07, 6.45) is 1.61. The van der Waals surface area contributed by atoms with Crippen molar-refractivity contribution < 1.29 is 4.79 Å². The van der Waals surface area contributed by atoms with E-state index in [0.717, 1.165) is 11.4 Å². The van der Waals surface area contributed by atoms with Crippen molar-refractivity contribution in [2.24, 2.45) is 7.05 Å². The number of hydrogen-bond donors (Lipinski definition) is 1. The first kappa shape index (κ1) is 13.7. The standard InChI is InChI=1S/C14H17N3OS/c1-11-13(10-16-17(11)2)14(18)15-8-9-19-12-6-4-3-5-7-12/h3-7,10H,8-9H2,1-2H3,(H,15,18). The molecule has 0 fully saturated rings. The van der Waals surface area contributed by atoms with Crippen LogP contribution in [0.5, 0.6) is 0 Å². The van der Waals surface area contributed by atoms with Gasteiger partial charge in [-0.2, -0.15) is 5.10 Å². The summed E-state index contributed by atoms with van der Waals surface area (Å²) in [5.41, 5.74) is 1.53. The summed E-state index contributed by atoms with van der Waals surface area (Å²) in [4.78, 5) is 13.1. The maximum atomic E-state index is 11.9. The fourth-order valence-corrected chi connectivity index (χ4v) is 2.46. The molecule has 1 N–H and O–H groups in total. The van der Waals surface area contributed by atoms with Crippen LogP contribution < -0.4 is 5.32 Å². The molecular weight excluding hydrogens is 258 g/mol. The third-order valence-electron chi connectivity index (χ3n) is 2.88. The Bertz CT molecular complexity index is 551. The lowest BCUT2D eigenvalue weighted by atomic mass is 10.2. The number of aromatic nitrogens is 2. The Kier molecular flexibility index (Phi) is 4.63. The summed E-state index contributed by atoms with van der Waals surface area (Å²) in [7, 11) is 1.83. The molecule has 5 heteroatoms. The summed E-state index contributed by atoms with van der Waals surface area (Å²) in [5.74, 6) is 0.800. The number of rotatable bonds is 5. The zero-order chi connectivity index (χ0) is 13.7. The number of benzene rings is 1. The number of nitrogens with one attached hydrogen (secondary N) is 1. The van der Waals surface area contributed by atoms with Crippen molar-refractivity contribution in [3.8, 4) is 0 Å². The molecule has 1 heterocycles. The Morgan fingerprint density at radius 2 is 2.11 bits per heavy atom. The van der Waals surface area contributed by atoms with Crippen LogP contribution >= 0.6 is 11.8 Å². The average molecular weight is 275 g/mol. The normalized spacial score (nSPS) is 10.4. The largest absolute Gasteiger partial charge is 0.351 e. The fourth-order valence-electron chi connectivity index (χ4n) is 1.67. The van der Waals surface area contributed by atoms with E-state index in [2.05, 4.69) is 22.5 Å². The molecule has 0 radical (unpaired) electrons. The Morgan fingerprint density at radius 1 is 1.37 bits per heavy atom. The van der Waals surface area contributed by atoms with Gasteiger partial charge in [-0.1, -0.05) is 18.2 Å². The SMILES string of the molecule is Cc1c(C(=O)NCCSc2ccccc2)cnn1C. The van der Waals surface area contributed by atoms with Crippen LogP contribution in [-0.4, -0.2) is 28.0 Å². The van der Waals surface area contributed by atoms with E-state index in [1.807, 2.05) is 32.2 Å².